The van der Waals surface area contributed by atoms with E-state index in [1.54, 1.807) is 7.11 Å². The highest BCUT2D eigenvalue weighted by Gasteiger charge is 1.95. The van der Waals surface area contributed by atoms with Gasteiger partial charge < -0.3 is 10.1 Å². The van der Waals surface area contributed by atoms with Crippen LogP contribution in [-0.2, 0) is 6.54 Å². The van der Waals surface area contributed by atoms with Gasteiger partial charge in [-0.1, -0.05) is 12.1 Å². The minimum atomic E-state index is 0.927. The van der Waals surface area contributed by atoms with Crippen molar-refractivity contribution in [2.24, 2.45) is 0 Å². The maximum atomic E-state index is 5.18. The molecule has 0 aliphatic rings. The molecule has 0 unspecified atom stereocenters. The third-order valence-corrected chi connectivity index (χ3v) is 3.11. The van der Waals surface area contributed by atoms with Crippen LogP contribution in [0.1, 0.15) is 18.4 Å². The molecular weight excluding hydrogens is 218 g/mol. The fourth-order valence-corrected chi connectivity index (χ4v) is 2.00. The van der Waals surface area contributed by atoms with Crippen molar-refractivity contribution in [3.8, 4) is 5.75 Å². The molecule has 0 saturated carbocycles. The Bertz CT molecular complexity index is 291. The monoisotopic (exact) mass is 239 g/mol. The highest BCUT2D eigenvalue weighted by atomic mass is 32.2. The summed E-state index contributed by atoms with van der Waals surface area (Å²) in [5, 5.41) is 3.45. The van der Waals surface area contributed by atoms with Gasteiger partial charge in [0, 0.05) is 6.54 Å². The maximum absolute atomic E-state index is 5.18. The van der Waals surface area contributed by atoms with E-state index < -0.39 is 0 Å². The Morgan fingerprint density at radius 3 is 2.94 bits per heavy atom. The van der Waals surface area contributed by atoms with Crippen LogP contribution in [0, 0.1) is 0 Å². The van der Waals surface area contributed by atoms with Gasteiger partial charge in [0.2, 0.25) is 0 Å². The lowest BCUT2D eigenvalue weighted by Gasteiger charge is -2.06. The molecule has 2 nitrogen and oxygen atoms in total. The summed E-state index contributed by atoms with van der Waals surface area (Å²) in [5.74, 6) is 2.20. The number of benzene rings is 1. The van der Waals surface area contributed by atoms with Crippen LogP contribution in [0.15, 0.2) is 24.3 Å². The number of methoxy groups -OCH3 is 1. The van der Waals surface area contributed by atoms with E-state index in [0.29, 0.717) is 0 Å². The third kappa shape index (κ3) is 5.42. The van der Waals surface area contributed by atoms with Gasteiger partial charge in [-0.3, -0.25) is 0 Å². The van der Waals surface area contributed by atoms with Crippen molar-refractivity contribution in [1.82, 2.24) is 5.32 Å². The van der Waals surface area contributed by atoms with Crippen molar-refractivity contribution in [1.29, 1.82) is 0 Å². The van der Waals surface area contributed by atoms with E-state index in [0.717, 1.165) is 18.8 Å². The number of rotatable bonds is 8. The normalized spacial score (nSPS) is 10.4. The van der Waals surface area contributed by atoms with Crippen LogP contribution in [0.25, 0.3) is 0 Å². The molecule has 0 atom stereocenters. The van der Waals surface area contributed by atoms with E-state index in [1.807, 2.05) is 23.9 Å². The Morgan fingerprint density at radius 2 is 2.19 bits per heavy atom. The molecular formula is C13H21NOS. The van der Waals surface area contributed by atoms with Crippen molar-refractivity contribution in [3.05, 3.63) is 29.8 Å². The Kier molecular flexibility index (Phi) is 7.10. The summed E-state index contributed by atoms with van der Waals surface area (Å²) in [7, 11) is 1.70. The van der Waals surface area contributed by atoms with Crippen LogP contribution in [0.2, 0.25) is 0 Å². The third-order valence-electron chi connectivity index (χ3n) is 2.42. The van der Waals surface area contributed by atoms with Crippen LogP contribution in [0.3, 0.4) is 0 Å². The summed E-state index contributed by atoms with van der Waals surface area (Å²) >= 11 is 1.92. The van der Waals surface area contributed by atoms with Gasteiger partial charge in [0.15, 0.2) is 0 Å². The van der Waals surface area contributed by atoms with Crippen molar-refractivity contribution in [3.63, 3.8) is 0 Å². The Labute approximate surface area is 103 Å². The summed E-state index contributed by atoms with van der Waals surface area (Å²) in [6.45, 7) is 2.02. The van der Waals surface area contributed by atoms with E-state index in [2.05, 4.69) is 23.7 Å². The van der Waals surface area contributed by atoms with Crippen molar-refractivity contribution >= 4 is 11.8 Å². The Hall–Kier alpha value is -0.670. The molecule has 16 heavy (non-hydrogen) atoms. The molecule has 0 aromatic heterocycles. The van der Waals surface area contributed by atoms with Gasteiger partial charge in [0.05, 0.1) is 7.11 Å². The lowest BCUT2D eigenvalue weighted by molar-refractivity contribution is 0.414. The highest BCUT2D eigenvalue weighted by Crippen LogP contribution is 2.12. The fourth-order valence-electron chi connectivity index (χ4n) is 1.51. The molecule has 1 rings (SSSR count). The van der Waals surface area contributed by atoms with Gasteiger partial charge >= 0.3 is 0 Å². The van der Waals surface area contributed by atoms with Gasteiger partial charge in [-0.05, 0) is 49.1 Å². The topological polar surface area (TPSA) is 21.3 Å². The summed E-state index contributed by atoms with van der Waals surface area (Å²) < 4.78 is 5.18. The predicted molar refractivity (Wildman–Crippen MR) is 72.3 cm³/mol. The first-order valence-corrected chi connectivity index (χ1v) is 7.09. The van der Waals surface area contributed by atoms with Crippen LogP contribution < -0.4 is 10.1 Å². The molecule has 3 heteroatoms. The van der Waals surface area contributed by atoms with Gasteiger partial charge in [-0.25, -0.2) is 0 Å². The van der Waals surface area contributed by atoms with Gasteiger partial charge in [0.25, 0.3) is 0 Å². The molecule has 0 heterocycles. The Morgan fingerprint density at radius 1 is 1.31 bits per heavy atom. The number of nitrogens with one attached hydrogen (secondary N) is 1. The van der Waals surface area contributed by atoms with Crippen LogP contribution >= 0.6 is 11.8 Å². The zero-order chi connectivity index (χ0) is 11.6. The maximum Gasteiger partial charge on any atom is 0.119 e. The van der Waals surface area contributed by atoms with Crippen LogP contribution in [-0.4, -0.2) is 25.7 Å². The van der Waals surface area contributed by atoms with Crippen LogP contribution in [0.5, 0.6) is 5.75 Å². The summed E-state index contributed by atoms with van der Waals surface area (Å²) in [6, 6.07) is 8.21. The number of thioether (sulfide) groups is 1. The molecule has 0 bridgehead atoms. The lowest BCUT2D eigenvalue weighted by atomic mass is 10.2. The summed E-state index contributed by atoms with van der Waals surface area (Å²) in [5.41, 5.74) is 1.28. The molecule has 0 saturated heterocycles. The van der Waals surface area contributed by atoms with Gasteiger partial charge in [0.1, 0.15) is 5.75 Å². The molecule has 0 fully saturated rings. The molecule has 0 amide bonds. The fraction of sp³-hybridized carbons (Fsp3) is 0.538. The minimum Gasteiger partial charge on any atom is -0.497 e. The quantitative estimate of drug-likeness (QED) is 0.705. The SMILES string of the molecule is COc1cccc(CNCCCCSC)c1. The molecule has 1 aromatic carbocycles. The zero-order valence-corrected chi connectivity index (χ0v) is 11.0. The van der Waals surface area contributed by atoms with E-state index in [9.17, 15) is 0 Å². The molecule has 0 aliphatic heterocycles. The van der Waals surface area contributed by atoms with Gasteiger partial charge in [-0.2, -0.15) is 11.8 Å². The second-order valence-electron chi connectivity index (χ2n) is 3.73. The minimum absolute atomic E-state index is 0.927. The van der Waals surface area contributed by atoms with E-state index in [1.165, 1.54) is 24.2 Å². The summed E-state index contributed by atoms with van der Waals surface area (Å²) in [4.78, 5) is 0. The highest BCUT2D eigenvalue weighted by molar-refractivity contribution is 7.98. The standard InChI is InChI=1S/C13H21NOS/c1-15-13-7-5-6-12(10-13)11-14-8-3-4-9-16-2/h5-7,10,14H,3-4,8-9,11H2,1-2H3. The van der Waals surface area contributed by atoms with E-state index >= 15 is 0 Å². The van der Waals surface area contributed by atoms with Crippen LogP contribution in [0.4, 0.5) is 0 Å². The number of unbranched alkanes of at least 4 members (excludes halogenated alkanes) is 1. The lowest BCUT2D eigenvalue weighted by Crippen LogP contribution is -2.14. The summed E-state index contributed by atoms with van der Waals surface area (Å²) in [6.07, 6.45) is 4.71. The van der Waals surface area contributed by atoms with E-state index in [4.69, 9.17) is 4.74 Å². The number of hydrogen-bond donors (Lipinski definition) is 1. The number of hydrogen-bond acceptors (Lipinski definition) is 3. The average Bonchev–Trinajstić information content (AvgIpc) is 2.34. The van der Waals surface area contributed by atoms with E-state index in [-0.39, 0.29) is 0 Å². The first-order valence-electron chi connectivity index (χ1n) is 5.69. The average molecular weight is 239 g/mol. The first kappa shape index (κ1) is 13.4. The second-order valence-corrected chi connectivity index (χ2v) is 4.71. The molecule has 0 radical (unpaired) electrons. The zero-order valence-electron chi connectivity index (χ0n) is 10.2. The predicted octanol–water partition coefficient (Wildman–Crippen LogP) is 2.93. The second kappa shape index (κ2) is 8.48. The van der Waals surface area contributed by atoms with Gasteiger partial charge in [-0.15, -0.1) is 0 Å². The smallest absolute Gasteiger partial charge is 0.119 e. The first-order chi connectivity index (χ1) is 7.86. The largest absolute Gasteiger partial charge is 0.497 e. The molecule has 1 N–H and O–H groups in total. The molecule has 0 spiro atoms. The number of ether oxygens (including phenoxy) is 1. The van der Waals surface area contributed by atoms with Crippen molar-refractivity contribution in [2.75, 3.05) is 25.7 Å². The molecule has 1 aromatic rings. The Balaban J connectivity index is 2.16. The molecule has 90 valence electrons. The van der Waals surface area contributed by atoms with Crippen molar-refractivity contribution in [2.45, 2.75) is 19.4 Å². The van der Waals surface area contributed by atoms with Crippen molar-refractivity contribution < 1.29 is 4.74 Å². The molecule has 0 aliphatic carbocycles.